The van der Waals surface area contributed by atoms with Gasteiger partial charge in [-0.3, -0.25) is 4.79 Å². The lowest BCUT2D eigenvalue weighted by molar-refractivity contribution is -0.143. The molecule has 3 saturated heterocycles. The van der Waals surface area contributed by atoms with Gasteiger partial charge < -0.3 is 14.4 Å². The third kappa shape index (κ3) is 3.74. The van der Waals surface area contributed by atoms with Crippen LogP contribution in [0.5, 0.6) is 0 Å². The molecule has 3 heterocycles. The summed E-state index contributed by atoms with van der Waals surface area (Å²) in [7, 11) is 0. The van der Waals surface area contributed by atoms with Crippen LogP contribution in [0.3, 0.4) is 0 Å². The highest BCUT2D eigenvalue weighted by molar-refractivity contribution is 5.82. The van der Waals surface area contributed by atoms with Crippen LogP contribution in [-0.4, -0.2) is 48.7 Å². The predicted molar refractivity (Wildman–Crippen MR) is 130 cm³/mol. The quantitative estimate of drug-likeness (QED) is 0.587. The molecule has 5 heteroatoms. The van der Waals surface area contributed by atoms with E-state index in [1.54, 1.807) is 0 Å². The van der Waals surface area contributed by atoms with Crippen molar-refractivity contribution in [2.45, 2.75) is 63.5 Å². The molecule has 5 nitrogen and oxygen atoms in total. The first-order valence-electron chi connectivity index (χ1n) is 12.8. The van der Waals surface area contributed by atoms with Gasteiger partial charge in [0.15, 0.2) is 0 Å². The van der Waals surface area contributed by atoms with Gasteiger partial charge in [0.2, 0.25) is 0 Å². The van der Waals surface area contributed by atoms with Crippen LogP contribution in [0, 0.1) is 11.3 Å². The monoisotopic (exact) mass is 459 g/mol. The van der Waals surface area contributed by atoms with Gasteiger partial charge >= 0.3 is 6.09 Å². The second-order valence-electron chi connectivity index (χ2n) is 11.1. The fraction of sp³-hybridized carbons (Fsp3) is 0.517. The number of Topliss-reactive ketones (excluding diaryl/α,β-unsaturated/α-hetero) is 1. The van der Waals surface area contributed by atoms with E-state index in [-0.39, 0.29) is 35.4 Å². The number of rotatable bonds is 5. The number of nitrogens with zero attached hydrogens (tertiary/aromatic N) is 1. The number of amides is 1. The Balaban J connectivity index is 1.14. The minimum atomic E-state index is -0.207. The molecule has 2 aromatic rings. The van der Waals surface area contributed by atoms with Crippen LogP contribution in [-0.2, 0) is 14.3 Å². The van der Waals surface area contributed by atoms with Crippen LogP contribution < -0.4 is 0 Å². The first-order chi connectivity index (χ1) is 16.5. The average Bonchev–Trinajstić information content (AvgIpc) is 3.14. The van der Waals surface area contributed by atoms with Crippen LogP contribution >= 0.6 is 0 Å². The van der Waals surface area contributed by atoms with Crippen LogP contribution in [0.4, 0.5) is 4.79 Å². The Hall–Kier alpha value is -2.66. The number of benzene rings is 2. The first kappa shape index (κ1) is 21.8. The maximum Gasteiger partial charge on any atom is 0.410 e. The SMILES string of the molecule is CC1(CC(=O)C2CC3CCCC(C2)N3C(=O)OCC2c3ccccc3-c3ccccc32)COC1. The lowest BCUT2D eigenvalue weighted by Gasteiger charge is -2.48. The molecule has 0 N–H and O–H groups in total. The Kier molecular flexibility index (Phi) is 5.48. The van der Waals surface area contributed by atoms with Crippen molar-refractivity contribution in [2.75, 3.05) is 19.8 Å². The molecule has 0 spiro atoms. The Bertz CT molecular complexity index is 1050. The van der Waals surface area contributed by atoms with E-state index in [9.17, 15) is 9.59 Å². The van der Waals surface area contributed by atoms with Gasteiger partial charge in [0, 0.05) is 35.8 Å². The fourth-order valence-electron chi connectivity index (χ4n) is 6.73. The number of piperidine rings is 2. The molecule has 2 bridgehead atoms. The first-order valence-corrected chi connectivity index (χ1v) is 12.8. The lowest BCUT2D eigenvalue weighted by Crippen LogP contribution is -2.56. The van der Waals surface area contributed by atoms with Gasteiger partial charge in [0.05, 0.1) is 13.2 Å². The molecule has 34 heavy (non-hydrogen) atoms. The molecule has 3 fully saturated rings. The van der Waals surface area contributed by atoms with E-state index in [0.29, 0.717) is 32.0 Å². The van der Waals surface area contributed by atoms with Gasteiger partial charge in [-0.05, 0) is 54.4 Å². The molecule has 0 radical (unpaired) electrons. The Morgan fingerprint density at radius 3 is 2.12 bits per heavy atom. The van der Waals surface area contributed by atoms with Gasteiger partial charge in [0.1, 0.15) is 12.4 Å². The zero-order chi connectivity index (χ0) is 23.3. The van der Waals surface area contributed by atoms with Crippen LogP contribution in [0.25, 0.3) is 11.1 Å². The van der Waals surface area contributed by atoms with Gasteiger partial charge in [0.25, 0.3) is 0 Å². The van der Waals surface area contributed by atoms with E-state index in [1.165, 1.54) is 22.3 Å². The molecule has 4 aliphatic rings. The number of ether oxygens (including phenoxy) is 2. The van der Waals surface area contributed by atoms with E-state index >= 15 is 0 Å². The Morgan fingerprint density at radius 2 is 1.56 bits per heavy atom. The Morgan fingerprint density at radius 1 is 0.971 bits per heavy atom. The molecule has 2 atom stereocenters. The number of carbonyl (C=O) groups is 2. The minimum absolute atomic E-state index is 0.0100. The summed E-state index contributed by atoms with van der Waals surface area (Å²) >= 11 is 0. The van der Waals surface area contributed by atoms with Crippen molar-refractivity contribution in [1.29, 1.82) is 0 Å². The highest BCUT2D eigenvalue weighted by Gasteiger charge is 2.45. The van der Waals surface area contributed by atoms with Crippen molar-refractivity contribution in [3.05, 3.63) is 59.7 Å². The van der Waals surface area contributed by atoms with E-state index in [4.69, 9.17) is 9.47 Å². The zero-order valence-electron chi connectivity index (χ0n) is 19.9. The molecular formula is C29H33NO4. The van der Waals surface area contributed by atoms with Crippen molar-refractivity contribution in [3.8, 4) is 11.1 Å². The third-order valence-corrected chi connectivity index (χ3v) is 8.48. The standard InChI is InChI=1S/C29H33NO4/c1-29(17-33-18-29)15-27(31)19-13-20-7-6-8-21(14-19)30(20)28(32)34-16-26-24-11-4-2-9-22(24)23-10-3-5-12-25(23)26/h2-5,9-12,19-21,26H,6-8,13-18H2,1H3. The summed E-state index contributed by atoms with van der Waals surface area (Å²) in [4.78, 5) is 28.4. The lowest BCUT2D eigenvalue weighted by atomic mass is 9.73. The topological polar surface area (TPSA) is 55.8 Å². The van der Waals surface area contributed by atoms with Crippen molar-refractivity contribution >= 4 is 11.9 Å². The second-order valence-corrected chi connectivity index (χ2v) is 11.1. The number of ketones is 1. The van der Waals surface area contributed by atoms with E-state index < -0.39 is 0 Å². The number of hydrogen-bond acceptors (Lipinski definition) is 4. The molecule has 2 aromatic carbocycles. The molecule has 1 aliphatic carbocycles. The molecule has 3 aliphatic heterocycles. The fourth-order valence-corrected chi connectivity index (χ4v) is 6.73. The van der Waals surface area contributed by atoms with Crippen molar-refractivity contribution in [1.82, 2.24) is 4.90 Å². The van der Waals surface area contributed by atoms with Crippen LogP contribution in [0.15, 0.2) is 48.5 Å². The smallest absolute Gasteiger partial charge is 0.410 e. The molecular weight excluding hydrogens is 426 g/mol. The molecule has 0 aromatic heterocycles. The molecule has 6 rings (SSSR count). The average molecular weight is 460 g/mol. The summed E-state index contributed by atoms with van der Waals surface area (Å²) in [5.41, 5.74) is 4.95. The van der Waals surface area contributed by atoms with Gasteiger partial charge in [-0.25, -0.2) is 4.79 Å². The van der Waals surface area contributed by atoms with Crippen molar-refractivity contribution in [2.24, 2.45) is 11.3 Å². The highest BCUT2D eigenvalue weighted by atomic mass is 16.6. The van der Waals surface area contributed by atoms with Crippen LogP contribution in [0.2, 0.25) is 0 Å². The summed E-state index contributed by atoms with van der Waals surface area (Å²) in [6.45, 7) is 3.86. The summed E-state index contributed by atoms with van der Waals surface area (Å²) in [6.07, 6.45) is 4.99. The normalized spacial score (nSPS) is 26.9. The van der Waals surface area contributed by atoms with Gasteiger partial charge in [-0.15, -0.1) is 0 Å². The predicted octanol–water partition coefficient (Wildman–Crippen LogP) is 5.56. The summed E-state index contributed by atoms with van der Waals surface area (Å²) in [5.74, 6) is 0.487. The zero-order valence-corrected chi connectivity index (χ0v) is 19.9. The summed E-state index contributed by atoms with van der Waals surface area (Å²) in [6, 6.07) is 17.1. The maximum atomic E-state index is 13.4. The largest absolute Gasteiger partial charge is 0.448 e. The van der Waals surface area contributed by atoms with Gasteiger partial charge in [-0.2, -0.15) is 0 Å². The summed E-state index contributed by atoms with van der Waals surface area (Å²) < 4.78 is 11.3. The van der Waals surface area contributed by atoms with Crippen molar-refractivity contribution in [3.63, 3.8) is 0 Å². The number of fused-ring (bicyclic) bond motifs is 5. The Labute approximate surface area is 201 Å². The highest BCUT2D eigenvalue weighted by Crippen LogP contribution is 2.45. The summed E-state index contributed by atoms with van der Waals surface area (Å²) in [5, 5.41) is 0. The maximum absolute atomic E-state index is 13.4. The number of carbonyl (C=O) groups excluding carboxylic acids is 2. The number of hydrogen-bond donors (Lipinski definition) is 0. The molecule has 0 saturated carbocycles. The molecule has 1 amide bonds. The minimum Gasteiger partial charge on any atom is -0.448 e. The van der Waals surface area contributed by atoms with E-state index in [2.05, 4.69) is 55.5 Å². The van der Waals surface area contributed by atoms with E-state index in [1.807, 2.05) is 4.90 Å². The van der Waals surface area contributed by atoms with E-state index in [0.717, 1.165) is 32.1 Å². The third-order valence-electron chi connectivity index (χ3n) is 8.48. The van der Waals surface area contributed by atoms with Gasteiger partial charge in [-0.1, -0.05) is 55.5 Å². The molecule has 178 valence electrons. The van der Waals surface area contributed by atoms with Crippen LogP contribution in [0.1, 0.15) is 62.5 Å². The molecule has 2 unspecified atom stereocenters. The second kappa shape index (κ2) is 8.53. The van der Waals surface area contributed by atoms with Crippen molar-refractivity contribution < 1.29 is 19.1 Å².